The van der Waals surface area contributed by atoms with Crippen LogP contribution in [0, 0.1) is 5.41 Å². The van der Waals surface area contributed by atoms with Gasteiger partial charge in [0, 0.05) is 17.3 Å². The highest BCUT2D eigenvalue weighted by Gasteiger charge is 2.13. The molecule has 0 amide bonds. The van der Waals surface area contributed by atoms with Crippen molar-refractivity contribution in [2.75, 3.05) is 0 Å². The predicted molar refractivity (Wildman–Crippen MR) is 50.4 cm³/mol. The molecule has 0 radical (unpaired) electrons. The molecular weight excluding hydrogens is 136 g/mol. The molecule has 2 N–H and O–H groups in total. The van der Waals surface area contributed by atoms with Crippen molar-refractivity contribution < 1.29 is 0 Å². The van der Waals surface area contributed by atoms with Crippen LogP contribution in [0.2, 0.25) is 0 Å². The molecule has 0 rings (SSSR count). The molecule has 0 fully saturated rings. The van der Waals surface area contributed by atoms with Gasteiger partial charge in [-0.25, -0.2) is 0 Å². The molecule has 0 heterocycles. The van der Waals surface area contributed by atoms with Gasteiger partial charge in [0.25, 0.3) is 0 Å². The summed E-state index contributed by atoms with van der Waals surface area (Å²) < 4.78 is 0. The Kier molecular flexibility index (Phi) is 3.73. The Balaban J connectivity index is 3.69. The Bertz CT molecular complexity index is 133. The molecule has 2 nitrogen and oxygen atoms in total. The quantitative estimate of drug-likeness (QED) is 0.604. The molecule has 1 atom stereocenters. The normalized spacial score (nSPS) is 14.6. The fourth-order valence-corrected chi connectivity index (χ4v) is 1.25. The van der Waals surface area contributed by atoms with E-state index < -0.39 is 0 Å². The van der Waals surface area contributed by atoms with Gasteiger partial charge in [-0.15, -0.1) is 0 Å². The van der Waals surface area contributed by atoms with E-state index in [0.29, 0.717) is 6.04 Å². The summed E-state index contributed by atoms with van der Waals surface area (Å²) in [5, 5.41) is 10.7. The third-order valence-electron chi connectivity index (χ3n) is 1.29. The maximum atomic E-state index is 7.29. The van der Waals surface area contributed by atoms with Crippen molar-refractivity contribution in [1.82, 2.24) is 5.32 Å². The van der Waals surface area contributed by atoms with Crippen LogP contribution >= 0.6 is 0 Å². The number of nitrogens with one attached hydrogen (secondary N) is 2. The molecule has 0 aliphatic rings. The van der Waals surface area contributed by atoms with Crippen LogP contribution in [0.25, 0.3) is 0 Å². The summed E-state index contributed by atoms with van der Waals surface area (Å²) in [4.78, 5) is 0. The van der Waals surface area contributed by atoms with Crippen LogP contribution in [-0.4, -0.2) is 17.3 Å². The van der Waals surface area contributed by atoms with Crippen LogP contribution in [0.4, 0.5) is 0 Å². The molecule has 0 saturated heterocycles. The summed E-state index contributed by atoms with van der Waals surface area (Å²) >= 11 is 0. The zero-order valence-corrected chi connectivity index (χ0v) is 8.28. The number of hydrogen-bond acceptors (Lipinski definition) is 2. The first-order chi connectivity index (χ1) is 4.81. The zero-order chi connectivity index (χ0) is 9.07. The van der Waals surface area contributed by atoms with Gasteiger partial charge in [-0.1, -0.05) is 0 Å². The van der Waals surface area contributed by atoms with Crippen molar-refractivity contribution in [3.63, 3.8) is 0 Å². The Morgan fingerprint density at radius 2 is 1.91 bits per heavy atom. The number of rotatable bonds is 3. The second-order valence-corrected chi connectivity index (χ2v) is 4.28. The van der Waals surface area contributed by atoms with Crippen molar-refractivity contribution in [2.45, 2.75) is 52.6 Å². The summed E-state index contributed by atoms with van der Waals surface area (Å²) in [7, 11) is 0. The second-order valence-electron chi connectivity index (χ2n) is 4.28. The van der Waals surface area contributed by atoms with Crippen molar-refractivity contribution in [2.24, 2.45) is 0 Å². The average Bonchev–Trinajstić information content (AvgIpc) is 1.53. The Morgan fingerprint density at radius 3 is 2.18 bits per heavy atom. The molecule has 0 aromatic rings. The van der Waals surface area contributed by atoms with Crippen molar-refractivity contribution >= 4 is 5.71 Å². The first-order valence-corrected chi connectivity index (χ1v) is 4.13. The SMILES string of the molecule is CC(=N)CC(C)NC(C)(C)C. The third kappa shape index (κ3) is 7.53. The first kappa shape index (κ1) is 10.6. The van der Waals surface area contributed by atoms with E-state index in [1.165, 1.54) is 0 Å². The van der Waals surface area contributed by atoms with Gasteiger partial charge in [-0.05, 0) is 41.0 Å². The smallest absolute Gasteiger partial charge is 0.00991 e. The molecule has 0 aromatic heterocycles. The molecule has 0 aliphatic heterocycles. The van der Waals surface area contributed by atoms with Crippen LogP contribution < -0.4 is 5.32 Å². The van der Waals surface area contributed by atoms with Crippen molar-refractivity contribution in [1.29, 1.82) is 5.41 Å². The summed E-state index contributed by atoms with van der Waals surface area (Å²) in [5.41, 5.74) is 0.906. The van der Waals surface area contributed by atoms with E-state index in [2.05, 4.69) is 33.0 Å². The predicted octanol–water partition coefficient (Wildman–Crippen LogP) is 2.19. The summed E-state index contributed by atoms with van der Waals surface area (Å²) in [6.07, 6.45) is 0.845. The topological polar surface area (TPSA) is 35.9 Å². The van der Waals surface area contributed by atoms with E-state index >= 15 is 0 Å². The zero-order valence-electron chi connectivity index (χ0n) is 8.28. The van der Waals surface area contributed by atoms with E-state index in [-0.39, 0.29) is 5.54 Å². The van der Waals surface area contributed by atoms with Crippen LogP contribution in [0.15, 0.2) is 0 Å². The molecule has 2 heteroatoms. The van der Waals surface area contributed by atoms with Crippen molar-refractivity contribution in [3.8, 4) is 0 Å². The van der Waals surface area contributed by atoms with Crippen LogP contribution in [0.3, 0.4) is 0 Å². The lowest BCUT2D eigenvalue weighted by Gasteiger charge is -2.25. The van der Waals surface area contributed by atoms with Crippen LogP contribution in [0.1, 0.15) is 41.0 Å². The lowest BCUT2D eigenvalue weighted by Crippen LogP contribution is -2.42. The minimum Gasteiger partial charge on any atom is -0.310 e. The summed E-state index contributed by atoms with van der Waals surface area (Å²) in [5.74, 6) is 0. The van der Waals surface area contributed by atoms with E-state index in [0.717, 1.165) is 12.1 Å². The Morgan fingerprint density at radius 1 is 1.45 bits per heavy atom. The first-order valence-electron chi connectivity index (χ1n) is 4.13. The molecule has 0 saturated carbocycles. The van der Waals surface area contributed by atoms with Crippen LogP contribution in [0.5, 0.6) is 0 Å². The van der Waals surface area contributed by atoms with Crippen LogP contribution in [-0.2, 0) is 0 Å². The lowest BCUT2D eigenvalue weighted by atomic mass is 10.1. The minimum atomic E-state index is 0.162. The Labute approximate surface area is 69.9 Å². The maximum Gasteiger partial charge on any atom is 0.00991 e. The minimum absolute atomic E-state index is 0.162. The van der Waals surface area contributed by atoms with E-state index in [4.69, 9.17) is 5.41 Å². The second kappa shape index (κ2) is 3.86. The summed E-state index contributed by atoms with van der Waals surface area (Å²) in [6, 6.07) is 0.410. The van der Waals surface area contributed by atoms with Gasteiger partial charge < -0.3 is 10.7 Å². The molecule has 66 valence electrons. The molecule has 0 bridgehead atoms. The molecular formula is C9H20N2. The standard InChI is InChI=1S/C9H20N2/c1-7(10)6-8(2)11-9(3,4)5/h8,10-11H,6H2,1-5H3. The van der Waals surface area contributed by atoms with Gasteiger partial charge in [-0.2, -0.15) is 0 Å². The third-order valence-corrected chi connectivity index (χ3v) is 1.29. The highest BCUT2D eigenvalue weighted by atomic mass is 15.0. The number of hydrogen-bond donors (Lipinski definition) is 2. The van der Waals surface area contributed by atoms with Gasteiger partial charge in [-0.3, -0.25) is 0 Å². The van der Waals surface area contributed by atoms with Gasteiger partial charge in [0.2, 0.25) is 0 Å². The lowest BCUT2D eigenvalue weighted by molar-refractivity contribution is 0.377. The van der Waals surface area contributed by atoms with Gasteiger partial charge >= 0.3 is 0 Å². The molecule has 0 aromatic carbocycles. The van der Waals surface area contributed by atoms with E-state index in [9.17, 15) is 0 Å². The molecule has 11 heavy (non-hydrogen) atoms. The maximum absolute atomic E-state index is 7.29. The van der Waals surface area contributed by atoms with Crippen molar-refractivity contribution in [3.05, 3.63) is 0 Å². The molecule has 0 aliphatic carbocycles. The van der Waals surface area contributed by atoms with E-state index in [1.807, 2.05) is 6.92 Å². The van der Waals surface area contributed by atoms with Gasteiger partial charge in [0.15, 0.2) is 0 Å². The Hall–Kier alpha value is -0.370. The highest BCUT2D eigenvalue weighted by molar-refractivity contribution is 5.79. The highest BCUT2D eigenvalue weighted by Crippen LogP contribution is 2.03. The summed E-state index contributed by atoms with van der Waals surface area (Å²) in [6.45, 7) is 10.4. The molecule has 0 spiro atoms. The van der Waals surface area contributed by atoms with Gasteiger partial charge in [0.1, 0.15) is 0 Å². The van der Waals surface area contributed by atoms with Gasteiger partial charge in [0.05, 0.1) is 0 Å². The average molecular weight is 156 g/mol. The fourth-order valence-electron chi connectivity index (χ4n) is 1.25. The van der Waals surface area contributed by atoms with E-state index in [1.54, 1.807) is 0 Å². The largest absolute Gasteiger partial charge is 0.310 e. The monoisotopic (exact) mass is 156 g/mol. The fraction of sp³-hybridized carbons (Fsp3) is 0.889. The molecule has 1 unspecified atom stereocenters.